The number of Topliss-reactive ketones (excluding diaryl/α,β-unsaturated/α-hetero) is 1. The molecular weight excluding hydrogens is 372 g/mol. The maximum Gasteiger partial charge on any atom is 0.236 e. The van der Waals surface area contributed by atoms with E-state index in [0.717, 1.165) is 63.8 Å². The minimum Gasteiger partial charge on any atom is -0.342 e. The summed E-state index contributed by atoms with van der Waals surface area (Å²) in [6.45, 7) is 3.91. The van der Waals surface area contributed by atoms with E-state index in [9.17, 15) is 9.59 Å². The van der Waals surface area contributed by atoms with Crippen molar-refractivity contribution in [3.05, 3.63) is 71.8 Å². The molecule has 2 fully saturated rings. The first kappa shape index (κ1) is 20.8. The molecule has 2 aromatic rings. The quantitative estimate of drug-likeness (QED) is 0.682. The van der Waals surface area contributed by atoms with Crippen molar-refractivity contribution in [3.8, 4) is 0 Å². The number of hydrogen-bond acceptors (Lipinski definition) is 3. The molecule has 2 heterocycles. The van der Waals surface area contributed by atoms with Gasteiger partial charge in [-0.25, -0.2) is 0 Å². The Kier molecular flexibility index (Phi) is 6.96. The predicted octanol–water partition coefficient (Wildman–Crippen LogP) is 4.06. The van der Waals surface area contributed by atoms with E-state index in [1.807, 2.05) is 35.2 Å². The average molecular weight is 405 g/mol. The Morgan fingerprint density at radius 1 is 0.767 bits per heavy atom. The van der Waals surface area contributed by atoms with Crippen LogP contribution in [0.3, 0.4) is 0 Å². The Hall–Kier alpha value is -2.46. The smallest absolute Gasteiger partial charge is 0.236 e. The largest absolute Gasteiger partial charge is 0.342 e. The van der Waals surface area contributed by atoms with E-state index < -0.39 is 0 Å². The van der Waals surface area contributed by atoms with Crippen LogP contribution >= 0.6 is 0 Å². The Labute approximate surface area is 179 Å². The summed E-state index contributed by atoms with van der Waals surface area (Å²) in [5.74, 6) is 1.27. The van der Waals surface area contributed by atoms with Crippen LogP contribution in [-0.4, -0.2) is 54.2 Å². The fourth-order valence-corrected chi connectivity index (χ4v) is 4.82. The zero-order chi connectivity index (χ0) is 20.8. The molecule has 0 aromatic heterocycles. The van der Waals surface area contributed by atoms with Gasteiger partial charge < -0.3 is 4.90 Å². The third-order valence-electron chi connectivity index (χ3n) is 6.71. The number of ketones is 1. The molecule has 2 aliphatic rings. The van der Waals surface area contributed by atoms with Gasteiger partial charge >= 0.3 is 0 Å². The molecule has 0 unspecified atom stereocenters. The van der Waals surface area contributed by atoms with Crippen LogP contribution in [-0.2, 0) is 11.2 Å². The third kappa shape index (κ3) is 5.37. The van der Waals surface area contributed by atoms with Crippen LogP contribution in [0.1, 0.15) is 41.6 Å². The minimum absolute atomic E-state index is 0.0903. The lowest BCUT2D eigenvalue weighted by Gasteiger charge is -2.35. The van der Waals surface area contributed by atoms with Crippen LogP contribution < -0.4 is 0 Å². The molecule has 158 valence electrons. The molecule has 1 amide bonds. The number of amides is 1. The van der Waals surface area contributed by atoms with Gasteiger partial charge in [0.25, 0.3) is 0 Å². The molecule has 4 nitrogen and oxygen atoms in total. The van der Waals surface area contributed by atoms with Gasteiger partial charge in [-0.3, -0.25) is 14.5 Å². The fourth-order valence-electron chi connectivity index (χ4n) is 4.82. The fraction of sp³-hybridized carbons (Fsp3) is 0.462. The van der Waals surface area contributed by atoms with Crippen molar-refractivity contribution in [2.75, 3.05) is 32.7 Å². The standard InChI is InChI=1S/C26H32N2O2/c29-25(28-17-11-22(12-18-28)19-21-7-3-1-4-8-21)20-27-15-13-24(14-16-27)26(30)23-9-5-2-6-10-23/h1-10,22,24H,11-20H2. The molecule has 0 N–H and O–H groups in total. The third-order valence-corrected chi connectivity index (χ3v) is 6.71. The molecule has 4 rings (SSSR count). The average Bonchev–Trinajstić information content (AvgIpc) is 2.81. The van der Waals surface area contributed by atoms with Crippen LogP contribution in [0.25, 0.3) is 0 Å². The van der Waals surface area contributed by atoms with Crippen molar-refractivity contribution in [2.45, 2.75) is 32.1 Å². The van der Waals surface area contributed by atoms with Gasteiger partial charge in [0.05, 0.1) is 6.54 Å². The SMILES string of the molecule is O=C(c1ccccc1)C1CCN(CC(=O)N2CCC(Cc3ccccc3)CC2)CC1. The van der Waals surface area contributed by atoms with Crippen molar-refractivity contribution in [1.82, 2.24) is 9.80 Å². The lowest BCUT2D eigenvalue weighted by molar-refractivity contribution is -0.134. The van der Waals surface area contributed by atoms with Crippen LogP contribution in [0.4, 0.5) is 0 Å². The Morgan fingerprint density at radius 2 is 1.37 bits per heavy atom. The van der Waals surface area contributed by atoms with E-state index >= 15 is 0 Å². The zero-order valence-corrected chi connectivity index (χ0v) is 17.7. The van der Waals surface area contributed by atoms with Gasteiger partial charge in [0.1, 0.15) is 0 Å². The van der Waals surface area contributed by atoms with Crippen LogP contribution in [0, 0.1) is 11.8 Å². The first-order chi connectivity index (χ1) is 14.7. The molecular formula is C26H32N2O2. The van der Waals surface area contributed by atoms with Crippen molar-refractivity contribution >= 4 is 11.7 Å². The molecule has 2 aromatic carbocycles. The summed E-state index contributed by atoms with van der Waals surface area (Å²) >= 11 is 0. The number of rotatable bonds is 6. The van der Waals surface area contributed by atoms with E-state index in [1.165, 1.54) is 5.56 Å². The first-order valence-corrected chi connectivity index (χ1v) is 11.3. The van der Waals surface area contributed by atoms with Gasteiger partial charge in [0.15, 0.2) is 5.78 Å². The van der Waals surface area contributed by atoms with Gasteiger partial charge in [0, 0.05) is 24.6 Å². The first-order valence-electron chi connectivity index (χ1n) is 11.3. The zero-order valence-electron chi connectivity index (χ0n) is 17.7. The molecule has 0 radical (unpaired) electrons. The van der Waals surface area contributed by atoms with E-state index in [-0.39, 0.29) is 17.6 Å². The van der Waals surface area contributed by atoms with E-state index in [1.54, 1.807) is 0 Å². The lowest BCUT2D eigenvalue weighted by Crippen LogP contribution is -2.46. The van der Waals surface area contributed by atoms with Crippen LogP contribution in [0.15, 0.2) is 60.7 Å². The molecule has 0 bridgehead atoms. The number of carbonyl (C=O) groups is 2. The highest BCUT2D eigenvalue weighted by Crippen LogP contribution is 2.24. The van der Waals surface area contributed by atoms with Gasteiger partial charge in [-0.05, 0) is 56.7 Å². The van der Waals surface area contributed by atoms with Crippen LogP contribution in [0.2, 0.25) is 0 Å². The Bertz CT molecular complexity index is 821. The summed E-state index contributed by atoms with van der Waals surface area (Å²) in [7, 11) is 0. The van der Waals surface area contributed by atoms with E-state index in [0.29, 0.717) is 12.5 Å². The maximum atomic E-state index is 12.8. The van der Waals surface area contributed by atoms with Crippen LogP contribution in [0.5, 0.6) is 0 Å². The molecule has 2 aliphatic heterocycles. The summed E-state index contributed by atoms with van der Waals surface area (Å²) in [6, 6.07) is 20.2. The number of benzene rings is 2. The minimum atomic E-state index is 0.0903. The highest BCUT2D eigenvalue weighted by molar-refractivity contribution is 5.97. The lowest BCUT2D eigenvalue weighted by atomic mass is 9.89. The summed E-state index contributed by atoms with van der Waals surface area (Å²) in [6.07, 6.45) is 4.99. The van der Waals surface area contributed by atoms with E-state index in [4.69, 9.17) is 0 Å². The number of piperidine rings is 2. The Balaban J connectivity index is 1.19. The predicted molar refractivity (Wildman–Crippen MR) is 119 cm³/mol. The molecule has 4 heteroatoms. The van der Waals surface area contributed by atoms with Crippen molar-refractivity contribution in [2.24, 2.45) is 11.8 Å². The second-order valence-corrected chi connectivity index (χ2v) is 8.79. The summed E-state index contributed by atoms with van der Waals surface area (Å²) in [5.41, 5.74) is 2.21. The maximum absolute atomic E-state index is 12.8. The monoisotopic (exact) mass is 404 g/mol. The van der Waals surface area contributed by atoms with Gasteiger partial charge in [-0.2, -0.15) is 0 Å². The highest BCUT2D eigenvalue weighted by Gasteiger charge is 2.28. The summed E-state index contributed by atoms with van der Waals surface area (Å²) in [4.78, 5) is 29.7. The second kappa shape index (κ2) is 10.0. The molecule has 0 saturated carbocycles. The second-order valence-electron chi connectivity index (χ2n) is 8.79. The van der Waals surface area contributed by atoms with Crippen molar-refractivity contribution in [3.63, 3.8) is 0 Å². The normalized spacial score (nSPS) is 19.0. The van der Waals surface area contributed by atoms with Gasteiger partial charge in [-0.1, -0.05) is 60.7 Å². The molecule has 2 saturated heterocycles. The molecule has 30 heavy (non-hydrogen) atoms. The highest BCUT2D eigenvalue weighted by atomic mass is 16.2. The topological polar surface area (TPSA) is 40.6 Å². The molecule has 0 spiro atoms. The number of carbonyl (C=O) groups excluding carboxylic acids is 2. The van der Waals surface area contributed by atoms with Crippen molar-refractivity contribution in [1.29, 1.82) is 0 Å². The number of likely N-dealkylation sites (tertiary alicyclic amines) is 2. The Morgan fingerprint density at radius 3 is 2.00 bits per heavy atom. The molecule has 0 atom stereocenters. The van der Waals surface area contributed by atoms with Crippen molar-refractivity contribution < 1.29 is 9.59 Å². The number of hydrogen-bond donors (Lipinski definition) is 0. The summed E-state index contributed by atoms with van der Waals surface area (Å²) < 4.78 is 0. The van der Waals surface area contributed by atoms with E-state index in [2.05, 4.69) is 35.2 Å². The summed E-state index contributed by atoms with van der Waals surface area (Å²) in [5, 5.41) is 0. The molecule has 0 aliphatic carbocycles. The number of nitrogens with zero attached hydrogens (tertiary/aromatic N) is 2. The van der Waals surface area contributed by atoms with Gasteiger partial charge in [0.2, 0.25) is 5.91 Å². The van der Waals surface area contributed by atoms with Gasteiger partial charge in [-0.15, -0.1) is 0 Å².